The lowest BCUT2D eigenvalue weighted by atomic mass is 10.5. The lowest BCUT2D eigenvalue weighted by Crippen LogP contribution is -2.24. The van der Waals surface area contributed by atoms with Crippen molar-refractivity contribution in [1.29, 1.82) is 0 Å². The van der Waals surface area contributed by atoms with Crippen LogP contribution in [0, 0.1) is 0 Å². The Morgan fingerprint density at radius 1 is 0.810 bits per heavy atom. The molecule has 7 heteroatoms. The summed E-state index contributed by atoms with van der Waals surface area (Å²) in [5.74, 6) is -1.10. The van der Waals surface area contributed by atoms with Crippen LogP contribution in [0.1, 0.15) is 6.42 Å². The first-order chi connectivity index (χ1) is 9.77. The Bertz CT molecular complexity index is 224. The summed E-state index contributed by atoms with van der Waals surface area (Å²) in [5.41, 5.74) is 0. The van der Waals surface area contributed by atoms with E-state index in [0.717, 1.165) is 0 Å². The zero-order valence-corrected chi connectivity index (χ0v) is 14.9. The molecule has 0 N–H and O–H groups in total. The lowest BCUT2D eigenvalue weighted by Gasteiger charge is -2.06. The van der Waals surface area contributed by atoms with E-state index in [1.807, 2.05) is 0 Å². The topological polar surface area (TPSA) is 77.0 Å². The van der Waals surface area contributed by atoms with Crippen LogP contribution in [-0.4, -0.2) is 86.0 Å². The van der Waals surface area contributed by atoms with Crippen molar-refractivity contribution in [2.24, 2.45) is 0 Å². The van der Waals surface area contributed by atoms with E-state index in [1.165, 1.54) is 0 Å². The molecule has 0 amide bonds. The van der Waals surface area contributed by atoms with Gasteiger partial charge in [-0.25, -0.2) is 0 Å². The molecule has 0 aliphatic carbocycles. The van der Waals surface area contributed by atoms with Crippen molar-refractivity contribution in [1.82, 2.24) is 0 Å². The summed E-state index contributed by atoms with van der Waals surface area (Å²) in [6.45, 7) is 12.3. The quantitative estimate of drug-likeness (QED) is 0.380. The van der Waals surface area contributed by atoms with Gasteiger partial charge in [0.15, 0.2) is 0 Å². The number of aliphatic carboxylic acids is 1. The Labute approximate surface area is 129 Å². The van der Waals surface area contributed by atoms with Crippen molar-refractivity contribution in [3.05, 3.63) is 0 Å². The molecule has 0 heterocycles. The SMILES string of the molecule is COCCOCCOCCOCCC(=O)[O-].C[P+](C)(C)C. The first-order valence-corrected chi connectivity index (χ1v) is 10.6. The van der Waals surface area contributed by atoms with Crippen molar-refractivity contribution in [3.63, 3.8) is 0 Å². The molecule has 0 fully saturated rings. The second-order valence-corrected chi connectivity index (χ2v) is 11.0. The smallest absolute Gasteiger partial charge is 0.0701 e. The van der Waals surface area contributed by atoms with E-state index in [0.29, 0.717) is 39.6 Å². The molecule has 0 bridgehead atoms. The summed E-state index contributed by atoms with van der Waals surface area (Å²) in [6.07, 6.45) is -0.0832. The van der Waals surface area contributed by atoms with Crippen molar-refractivity contribution in [2.75, 3.05) is 80.0 Å². The van der Waals surface area contributed by atoms with Crippen molar-refractivity contribution in [2.45, 2.75) is 6.42 Å². The van der Waals surface area contributed by atoms with Gasteiger partial charge in [-0.15, -0.1) is 0 Å². The normalized spacial score (nSPS) is 10.9. The van der Waals surface area contributed by atoms with Gasteiger partial charge in [-0.1, -0.05) is 0 Å². The average Bonchev–Trinajstić information content (AvgIpc) is 2.33. The van der Waals surface area contributed by atoms with Crippen LogP contribution in [0.4, 0.5) is 0 Å². The van der Waals surface area contributed by atoms with Gasteiger partial charge in [0.1, 0.15) is 0 Å². The van der Waals surface area contributed by atoms with Crippen LogP contribution < -0.4 is 5.11 Å². The molecule has 21 heavy (non-hydrogen) atoms. The number of hydrogen-bond acceptors (Lipinski definition) is 6. The molecule has 0 aliphatic rings. The van der Waals surface area contributed by atoms with Crippen LogP contribution >= 0.6 is 7.26 Å². The highest BCUT2D eigenvalue weighted by molar-refractivity contribution is 7.73. The number of methoxy groups -OCH3 is 1. The van der Waals surface area contributed by atoms with Gasteiger partial charge in [0.2, 0.25) is 0 Å². The summed E-state index contributed by atoms with van der Waals surface area (Å²) < 4.78 is 20.1. The van der Waals surface area contributed by atoms with Gasteiger partial charge in [-0.2, -0.15) is 0 Å². The minimum Gasteiger partial charge on any atom is -0.550 e. The predicted octanol–water partition coefficient (Wildman–Crippen LogP) is 0.346. The number of rotatable bonds is 12. The third-order valence-corrected chi connectivity index (χ3v) is 1.63. The second kappa shape index (κ2) is 16.1. The van der Waals surface area contributed by atoms with E-state index >= 15 is 0 Å². The van der Waals surface area contributed by atoms with Crippen LogP contribution in [0.25, 0.3) is 0 Å². The van der Waals surface area contributed by atoms with Gasteiger partial charge >= 0.3 is 0 Å². The number of hydrogen-bond donors (Lipinski definition) is 0. The number of carboxylic acid groups (broad SMARTS) is 1. The fourth-order valence-electron chi connectivity index (χ4n) is 0.840. The third kappa shape index (κ3) is 38.3. The highest BCUT2D eigenvalue weighted by Crippen LogP contribution is 2.40. The van der Waals surface area contributed by atoms with E-state index in [-0.39, 0.29) is 20.3 Å². The van der Waals surface area contributed by atoms with E-state index in [2.05, 4.69) is 26.7 Å². The molecule has 0 saturated heterocycles. The predicted molar refractivity (Wildman–Crippen MR) is 84.6 cm³/mol. The molecule has 0 atom stereocenters. The van der Waals surface area contributed by atoms with Gasteiger partial charge in [-0.05, 0) is 0 Å². The Hall–Kier alpha value is -0.260. The van der Waals surface area contributed by atoms with Crippen LogP contribution in [-0.2, 0) is 23.7 Å². The van der Waals surface area contributed by atoms with Gasteiger partial charge in [0, 0.05) is 53.4 Å². The molecular weight excluding hydrogens is 295 g/mol. The Morgan fingerprint density at radius 2 is 1.14 bits per heavy atom. The summed E-state index contributed by atoms with van der Waals surface area (Å²) in [4.78, 5) is 10.0. The molecule has 0 unspecified atom stereocenters. The standard InChI is InChI=1S/C10H20O6.C4H12P/c1-13-4-5-15-8-9-16-7-6-14-3-2-10(11)12;1-5(2,3)4/h2-9H2,1H3,(H,11,12);1-4H3/q;+1/p-1. The molecule has 0 aromatic heterocycles. The summed E-state index contributed by atoms with van der Waals surface area (Å²) in [7, 11) is 1.23. The molecule has 0 rings (SSSR count). The minimum absolute atomic E-state index is 0.0832. The van der Waals surface area contributed by atoms with E-state index in [4.69, 9.17) is 18.9 Å². The molecule has 0 aromatic carbocycles. The first kappa shape index (κ1) is 23.0. The fourth-order valence-corrected chi connectivity index (χ4v) is 0.840. The zero-order chi connectivity index (χ0) is 16.6. The monoisotopic (exact) mass is 326 g/mol. The van der Waals surface area contributed by atoms with Crippen molar-refractivity contribution < 1.29 is 28.8 Å². The Kier molecular flexibility index (Phi) is 17.7. The molecular formula is C14H31O6P. The molecule has 0 radical (unpaired) electrons. The number of carboxylic acids is 1. The second-order valence-electron chi connectivity index (χ2n) is 5.64. The number of ether oxygens (including phenoxy) is 4. The molecule has 0 saturated carbocycles. The maximum absolute atomic E-state index is 10.0. The van der Waals surface area contributed by atoms with E-state index < -0.39 is 5.97 Å². The van der Waals surface area contributed by atoms with Gasteiger partial charge in [-0.3, -0.25) is 0 Å². The van der Waals surface area contributed by atoms with Gasteiger partial charge in [0.05, 0.1) is 46.2 Å². The summed E-state index contributed by atoms with van der Waals surface area (Å²) >= 11 is 0. The molecule has 0 aromatic rings. The molecule has 0 aliphatic heterocycles. The highest BCUT2D eigenvalue weighted by atomic mass is 31.2. The molecule has 128 valence electrons. The van der Waals surface area contributed by atoms with Gasteiger partial charge < -0.3 is 28.8 Å². The zero-order valence-electron chi connectivity index (χ0n) is 14.1. The molecule has 0 spiro atoms. The largest absolute Gasteiger partial charge is 0.550 e. The van der Waals surface area contributed by atoms with Crippen LogP contribution in [0.2, 0.25) is 0 Å². The maximum atomic E-state index is 10.0. The van der Waals surface area contributed by atoms with Crippen molar-refractivity contribution in [3.8, 4) is 0 Å². The van der Waals surface area contributed by atoms with Crippen LogP contribution in [0.3, 0.4) is 0 Å². The summed E-state index contributed by atoms with van der Waals surface area (Å²) in [6, 6.07) is 0. The van der Waals surface area contributed by atoms with Crippen LogP contribution in [0.5, 0.6) is 0 Å². The van der Waals surface area contributed by atoms with Gasteiger partial charge in [0.25, 0.3) is 0 Å². The maximum Gasteiger partial charge on any atom is 0.0701 e. The number of carbonyl (C=O) groups is 1. The highest BCUT2D eigenvalue weighted by Gasteiger charge is 2.03. The Balaban J connectivity index is 0. The van der Waals surface area contributed by atoms with E-state index in [9.17, 15) is 9.90 Å². The average molecular weight is 326 g/mol. The number of carbonyl (C=O) groups excluding carboxylic acids is 1. The summed E-state index contributed by atoms with van der Waals surface area (Å²) in [5, 5.41) is 10.0. The Morgan fingerprint density at radius 3 is 1.48 bits per heavy atom. The minimum atomic E-state index is -1.10. The third-order valence-electron chi connectivity index (χ3n) is 1.63. The van der Waals surface area contributed by atoms with E-state index in [1.54, 1.807) is 7.11 Å². The van der Waals surface area contributed by atoms with Crippen LogP contribution in [0.15, 0.2) is 0 Å². The lowest BCUT2D eigenvalue weighted by molar-refractivity contribution is -0.306. The molecule has 6 nitrogen and oxygen atoms in total. The fraction of sp³-hybridized carbons (Fsp3) is 0.929. The first-order valence-electron chi connectivity index (χ1n) is 6.98. The van der Waals surface area contributed by atoms with Crippen molar-refractivity contribution >= 4 is 13.2 Å².